The van der Waals surface area contributed by atoms with Crippen LogP contribution in [0.25, 0.3) is 0 Å². The van der Waals surface area contributed by atoms with Crippen molar-refractivity contribution in [1.82, 2.24) is 5.32 Å². The number of rotatable bonds is 6. The molecule has 1 aliphatic carbocycles. The van der Waals surface area contributed by atoms with Crippen LogP contribution < -0.4 is 10.2 Å². The molecule has 4 heteroatoms. The minimum atomic E-state index is 0.134. The van der Waals surface area contributed by atoms with Crippen molar-refractivity contribution in [1.29, 1.82) is 0 Å². The summed E-state index contributed by atoms with van der Waals surface area (Å²) >= 11 is 0. The first-order valence-corrected chi connectivity index (χ1v) is 8.28. The Morgan fingerprint density at radius 2 is 1.91 bits per heavy atom. The molecule has 1 aliphatic rings. The van der Waals surface area contributed by atoms with E-state index >= 15 is 0 Å². The van der Waals surface area contributed by atoms with Gasteiger partial charge in [0.1, 0.15) is 0 Å². The average molecular weight is 304 g/mol. The Morgan fingerprint density at radius 1 is 1.27 bits per heavy atom. The molecule has 1 fully saturated rings. The highest BCUT2D eigenvalue weighted by atomic mass is 16.3. The maximum Gasteiger partial charge on any atom is 0.228 e. The van der Waals surface area contributed by atoms with E-state index in [0.29, 0.717) is 25.0 Å². The zero-order valence-corrected chi connectivity index (χ0v) is 13.7. The zero-order chi connectivity index (χ0) is 15.9. The Balaban J connectivity index is 1.77. The lowest BCUT2D eigenvalue weighted by molar-refractivity contribution is -0.118. The van der Waals surface area contributed by atoms with Crippen LogP contribution in [-0.4, -0.2) is 36.8 Å². The average Bonchev–Trinajstić information content (AvgIpc) is 2.55. The van der Waals surface area contributed by atoms with Crippen LogP contribution in [0.1, 0.15) is 39.0 Å². The minimum absolute atomic E-state index is 0.134. The van der Waals surface area contributed by atoms with Crippen LogP contribution in [0.15, 0.2) is 30.3 Å². The highest BCUT2D eigenvalue weighted by Gasteiger charge is 2.23. The molecule has 2 N–H and O–H groups in total. The molecule has 1 saturated carbocycles. The van der Waals surface area contributed by atoms with Crippen molar-refractivity contribution in [2.45, 2.75) is 51.1 Å². The predicted octanol–water partition coefficient (Wildman–Crippen LogP) is 2.57. The van der Waals surface area contributed by atoms with E-state index in [0.717, 1.165) is 31.4 Å². The summed E-state index contributed by atoms with van der Waals surface area (Å²) in [6.45, 7) is 2.39. The third kappa shape index (κ3) is 4.82. The van der Waals surface area contributed by atoms with Crippen molar-refractivity contribution in [3.8, 4) is 0 Å². The first-order valence-electron chi connectivity index (χ1n) is 8.28. The topological polar surface area (TPSA) is 52.6 Å². The molecule has 1 aromatic rings. The molecule has 0 aromatic heterocycles. The number of aliphatic hydroxyl groups is 1. The summed E-state index contributed by atoms with van der Waals surface area (Å²) in [5.41, 5.74) is 0.933. The second kappa shape index (κ2) is 8.30. The van der Waals surface area contributed by atoms with E-state index in [2.05, 4.69) is 12.2 Å². The number of carbonyl (C=O) groups is 1. The summed E-state index contributed by atoms with van der Waals surface area (Å²) in [6.07, 6.45) is 4.86. The van der Waals surface area contributed by atoms with Gasteiger partial charge in [0.2, 0.25) is 5.91 Å². The number of hydrogen-bond donors (Lipinski definition) is 2. The molecule has 1 aromatic carbocycles. The smallest absolute Gasteiger partial charge is 0.228 e. The molecule has 2 rings (SSSR count). The van der Waals surface area contributed by atoms with Gasteiger partial charge in [0, 0.05) is 37.8 Å². The second-order valence-electron chi connectivity index (χ2n) is 6.46. The third-order valence-electron chi connectivity index (χ3n) is 4.62. The SMILES string of the molecule is CC(CC(=O)N(C)c1ccccc1)NC1CCC(CO)CC1. The van der Waals surface area contributed by atoms with Gasteiger partial charge >= 0.3 is 0 Å². The van der Waals surface area contributed by atoms with Gasteiger partial charge in [0.25, 0.3) is 0 Å². The van der Waals surface area contributed by atoms with Crippen molar-refractivity contribution in [3.05, 3.63) is 30.3 Å². The van der Waals surface area contributed by atoms with Crippen LogP contribution in [0, 0.1) is 5.92 Å². The van der Waals surface area contributed by atoms with Gasteiger partial charge < -0.3 is 15.3 Å². The number of aliphatic hydroxyl groups excluding tert-OH is 1. The highest BCUT2D eigenvalue weighted by Crippen LogP contribution is 2.24. The quantitative estimate of drug-likeness (QED) is 0.849. The van der Waals surface area contributed by atoms with E-state index < -0.39 is 0 Å². The Hall–Kier alpha value is -1.39. The lowest BCUT2D eigenvalue weighted by Gasteiger charge is -2.30. The molecule has 122 valence electrons. The molecule has 1 amide bonds. The van der Waals surface area contributed by atoms with Gasteiger partial charge in [-0.3, -0.25) is 4.79 Å². The number of amides is 1. The molecule has 0 saturated heterocycles. The molecule has 0 spiro atoms. The lowest BCUT2D eigenvalue weighted by Crippen LogP contribution is -2.42. The summed E-state index contributed by atoms with van der Waals surface area (Å²) in [4.78, 5) is 14.1. The van der Waals surface area contributed by atoms with E-state index in [1.165, 1.54) is 0 Å². The van der Waals surface area contributed by atoms with E-state index in [9.17, 15) is 9.90 Å². The molecule has 0 heterocycles. The van der Waals surface area contributed by atoms with E-state index in [4.69, 9.17) is 0 Å². The summed E-state index contributed by atoms with van der Waals surface area (Å²) in [5.74, 6) is 0.606. The molecular weight excluding hydrogens is 276 g/mol. The van der Waals surface area contributed by atoms with Crippen molar-refractivity contribution >= 4 is 11.6 Å². The number of nitrogens with one attached hydrogen (secondary N) is 1. The van der Waals surface area contributed by atoms with Crippen molar-refractivity contribution in [2.24, 2.45) is 5.92 Å². The summed E-state index contributed by atoms with van der Waals surface area (Å²) in [7, 11) is 1.83. The number of benzene rings is 1. The minimum Gasteiger partial charge on any atom is -0.396 e. The molecule has 1 atom stereocenters. The van der Waals surface area contributed by atoms with Crippen molar-refractivity contribution in [3.63, 3.8) is 0 Å². The first-order chi connectivity index (χ1) is 10.6. The van der Waals surface area contributed by atoms with Gasteiger partial charge in [-0.25, -0.2) is 0 Å². The second-order valence-corrected chi connectivity index (χ2v) is 6.46. The molecule has 0 bridgehead atoms. The fourth-order valence-corrected chi connectivity index (χ4v) is 3.17. The maximum absolute atomic E-state index is 12.3. The van der Waals surface area contributed by atoms with Crippen molar-refractivity contribution < 1.29 is 9.90 Å². The molecule has 4 nitrogen and oxygen atoms in total. The van der Waals surface area contributed by atoms with Gasteiger partial charge in [0.05, 0.1) is 0 Å². The standard InChI is InChI=1S/C18H28N2O2/c1-14(19-16-10-8-15(13-21)9-11-16)12-18(22)20(2)17-6-4-3-5-7-17/h3-7,14-16,19,21H,8-13H2,1-2H3. The number of anilines is 1. The van der Waals surface area contributed by atoms with Gasteiger partial charge in [-0.05, 0) is 50.7 Å². The largest absolute Gasteiger partial charge is 0.396 e. The number of hydrogen-bond acceptors (Lipinski definition) is 3. The number of nitrogens with zero attached hydrogens (tertiary/aromatic N) is 1. The Morgan fingerprint density at radius 3 is 2.50 bits per heavy atom. The summed E-state index contributed by atoms with van der Waals surface area (Å²) in [6, 6.07) is 10.4. The monoisotopic (exact) mass is 304 g/mol. The first kappa shape index (κ1) is 17.0. The van der Waals surface area contributed by atoms with Crippen LogP contribution in [0.2, 0.25) is 0 Å². The fraction of sp³-hybridized carbons (Fsp3) is 0.611. The van der Waals surface area contributed by atoms with Crippen LogP contribution in [0.4, 0.5) is 5.69 Å². The Labute approximate surface area is 133 Å². The third-order valence-corrected chi connectivity index (χ3v) is 4.62. The maximum atomic E-state index is 12.3. The van der Waals surface area contributed by atoms with Crippen LogP contribution in [0.3, 0.4) is 0 Å². The van der Waals surface area contributed by atoms with E-state index in [1.54, 1.807) is 4.90 Å². The summed E-state index contributed by atoms with van der Waals surface area (Å²) in [5, 5.41) is 12.7. The van der Waals surface area contributed by atoms with Crippen LogP contribution in [0.5, 0.6) is 0 Å². The van der Waals surface area contributed by atoms with Gasteiger partial charge in [0.15, 0.2) is 0 Å². The van der Waals surface area contributed by atoms with E-state index in [1.807, 2.05) is 37.4 Å². The fourth-order valence-electron chi connectivity index (χ4n) is 3.17. The predicted molar refractivity (Wildman–Crippen MR) is 89.9 cm³/mol. The van der Waals surface area contributed by atoms with Gasteiger partial charge in [-0.2, -0.15) is 0 Å². The molecular formula is C18H28N2O2. The van der Waals surface area contributed by atoms with E-state index in [-0.39, 0.29) is 11.9 Å². The Kier molecular flexibility index (Phi) is 6.40. The Bertz CT molecular complexity index is 455. The molecule has 22 heavy (non-hydrogen) atoms. The molecule has 0 radical (unpaired) electrons. The number of carbonyl (C=O) groups excluding carboxylic acids is 1. The highest BCUT2D eigenvalue weighted by molar-refractivity contribution is 5.93. The normalized spacial score (nSPS) is 23.0. The van der Waals surface area contributed by atoms with Crippen molar-refractivity contribution in [2.75, 3.05) is 18.6 Å². The molecule has 0 aliphatic heterocycles. The van der Waals surface area contributed by atoms with Gasteiger partial charge in [-0.15, -0.1) is 0 Å². The zero-order valence-electron chi connectivity index (χ0n) is 13.7. The molecule has 1 unspecified atom stereocenters. The summed E-state index contributed by atoms with van der Waals surface area (Å²) < 4.78 is 0. The number of para-hydroxylation sites is 1. The van der Waals surface area contributed by atoms with Crippen LogP contribution >= 0.6 is 0 Å². The van der Waals surface area contributed by atoms with Gasteiger partial charge in [-0.1, -0.05) is 18.2 Å². The lowest BCUT2D eigenvalue weighted by atomic mass is 9.86. The van der Waals surface area contributed by atoms with Crippen LogP contribution in [-0.2, 0) is 4.79 Å².